The van der Waals surface area contributed by atoms with Crippen molar-refractivity contribution in [1.82, 2.24) is 14.9 Å². The highest BCUT2D eigenvalue weighted by atomic mass is 16.7. The molecule has 4 aromatic rings. The van der Waals surface area contributed by atoms with Crippen LogP contribution >= 0.6 is 0 Å². The van der Waals surface area contributed by atoms with Gasteiger partial charge in [0, 0.05) is 32.9 Å². The zero-order valence-electron chi connectivity index (χ0n) is 23.6. The molecule has 1 aromatic heterocycles. The van der Waals surface area contributed by atoms with Gasteiger partial charge in [-0.25, -0.2) is 4.98 Å². The fraction of sp³-hybridized carbons (Fsp3) is 0.344. The first-order chi connectivity index (χ1) is 20.2. The van der Waals surface area contributed by atoms with Crippen molar-refractivity contribution in [2.24, 2.45) is 0 Å². The number of imidazole rings is 1. The Bertz CT molecular complexity index is 1430. The Labute approximate surface area is 239 Å². The molecule has 0 saturated carbocycles. The number of benzene rings is 3. The van der Waals surface area contributed by atoms with E-state index in [-0.39, 0.29) is 19.6 Å². The van der Waals surface area contributed by atoms with Crippen molar-refractivity contribution in [2.45, 2.75) is 45.2 Å². The van der Waals surface area contributed by atoms with Gasteiger partial charge in [0.1, 0.15) is 11.5 Å². The van der Waals surface area contributed by atoms with Gasteiger partial charge in [0.05, 0.1) is 11.7 Å². The number of unbranched alkanes of at least 4 members (excludes halogenated alkanes) is 1. The van der Waals surface area contributed by atoms with Crippen LogP contribution in [0.1, 0.15) is 54.6 Å². The van der Waals surface area contributed by atoms with Gasteiger partial charge in [-0.1, -0.05) is 55.8 Å². The van der Waals surface area contributed by atoms with E-state index in [1.54, 1.807) is 14.2 Å². The Hall–Kier alpha value is -4.05. The molecular formula is C32H35N3O6. The van der Waals surface area contributed by atoms with E-state index in [9.17, 15) is 0 Å². The van der Waals surface area contributed by atoms with Gasteiger partial charge in [-0.3, -0.25) is 0 Å². The van der Waals surface area contributed by atoms with Crippen LogP contribution in [0.5, 0.6) is 23.0 Å². The van der Waals surface area contributed by atoms with Crippen molar-refractivity contribution in [2.75, 3.05) is 27.8 Å². The molecule has 0 amide bonds. The van der Waals surface area contributed by atoms with E-state index in [1.807, 2.05) is 42.5 Å². The van der Waals surface area contributed by atoms with Crippen molar-refractivity contribution in [3.63, 3.8) is 0 Å². The maximum atomic E-state index is 5.73. The highest BCUT2D eigenvalue weighted by molar-refractivity contribution is 5.57. The van der Waals surface area contributed by atoms with Crippen LogP contribution in [0.2, 0.25) is 0 Å². The van der Waals surface area contributed by atoms with Crippen molar-refractivity contribution in [1.29, 1.82) is 0 Å². The van der Waals surface area contributed by atoms with E-state index in [2.05, 4.69) is 41.1 Å². The van der Waals surface area contributed by atoms with Gasteiger partial charge < -0.3 is 38.3 Å². The van der Waals surface area contributed by atoms with Gasteiger partial charge in [0.25, 0.3) is 0 Å². The molecule has 1 N–H and O–H groups in total. The van der Waals surface area contributed by atoms with E-state index in [0.29, 0.717) is 6.54 Å². The lowest BCUT2D eigenvalue weighted by Gasteiger charge is -2.23. The third-order valence-corrected chi connectivity index (χ3v) is 7.46. The first kappa shape index (κ1) is 27.1. The van der Waals surface area contributed by atoms with Crippen LogP contribution in [0, 0.1) is 0 Å². The van der Waals surface area contributed by atoms with Crippen LogP contribution in [-0.2, 0) is 22.6 Å². The van der Waals surface area contributed by atoms with Crippen molar-refractivity contribution in [3.05, 3.63) is 89.2 Å². The summed E-state index contributed by atoms with van der Waals surface area (Å²) in [6, 6.07) is 22.2. The highest BCUT2D eigenvalue weighted by Crippen LogP contribution is 2.39. The van der Waals surface area contributed by atoms with Gasteiger partial charge >= 0.3 is 0 Å². The third-order valence-electron chi connectivity index (χ3n) is 7.46. The van der Waals surface area contributed by atoms with Gasteiger partial charge in [0.2, 0.25) is 19.9 Å². The second-order valence-corrected chi connectivity index (χ2v) is 9.98. The van der Waals surface area contributed by atoms with Crippen LogP contribution in [0.25, 0.3) is 11.4 Å². The molecule has 6 rings (SSSR count). The van der Waals surface area contributed by atoms with Crippen LogP contribution < -0.4 is 24.3 Å². The molecule has 41 heavy (non-hydrogen) atoms. The minimum absolute atomic E-state index is 0.190. The second kappa shape index (κ2) is 12.2. The third kappa shape index (κ3) is 5.48. The van der Waals surface area contributed by atoms with Gasteiger partial charge in [-0.15, -0.1) is 0 Å². The molecule has 0 atom stereocenters. The predicted molar refractivity (Wildman–Crippen MR) is 153 cm³/mol. The van der Waals surface area contributed by atoms with Crippen LogP contribution in [0.4, 0.5) is 0 Å². The number of hydrogen-bond acceptors (Lipinski definition) is 8. The molecule has 3 aromatic carbocycles. The number of hydrogen-bond donors (Lipinski definition) is 1. The molecule has 0 aliphatic carbocycles. The SMILES string of the molecule is CCCCn1c(-c2ccccc2)nc(C(OC)OC)c1CNC(c1ccc2c(c1)OCO2)c1ccc2c(c1)OCO2. The fourth-order valence-electron chi connectivity index (χ4n) is 5.38. The van der Waals surface area contributed by atoms with Gasteiger partial charge in [-0.05, 0) is 41.8 Å². The molecule has 0 saturated heterocycles. The Morgan fingerprint density at radius 3 is 2.02 bits per heavy atom. The number of methoxy groups -OCH3 is 2. The average Bonchev–Trinajstić information content (AvgIpc) is 3.76. The molecule has 0 radical (unpaired) electrons. The van der Waals surface area contributed by atoms with Crippen LogP contribution in [0.15, 0.2) is 66.7 Å². The molecule has 0 bridgehead atoms. The standard InChI is InChI=1S/C32H35N3O6/c1-4-5-15-35-24(30(32(36-2)37-3)34-31(35)21-9-7-6-8-10-21)18-33-29(22-11-13-25-27(16-22)40-19-38-25)23-12-14-26-28(17-23)41-20-39-26/h6-14,16-17,29,32-33H,4-5,15,18-20H2,1-3H3. The summed E-state index contributed by atoms with van der Waals surface area (Å²) < 4.78 is 36.3. The molecule has 9 heteroatoms. The molecule has 2 aliphatic heterocycles. The smallest absolute Gasteiger partial charge is 0.231 e. The van der Waals surface area contributed by atoms with E-state index in [1.165, 1.54) is 0 Å². The van der Waals surface area contributed by atoms with E-state index in [0.717, 1.165) is 76.3 Å². The molecule has 0 unspecified atom stereocenters. The molecule has 214 valence electrons. The van der Waals surface area contributed by atoms with Gasteiger partial charge in [0.15, 0.2) is 23.0 Å². The predicted octanol–water partition coefficient (Wildman–Crippen LogP) is 5.98. The fourth-order valence-corrected chi connectivity index (χ4v) is 5.38. The number of rotatable bonds is 12. The lowest BCUT2D eigenvalue weighted by molar-refractivity contribution is -0.109. The second-order valence-electron chi connectivity index (χ2n) is 9.98. The normalized spacial score (nSPS) is 13.5. The summed E-state index contributed by atoms with van der Waals surface area (Å²) in [6.45, 7) is 3.97. The largest absolute Gasteiger partial charge is 0.454 e. The number of aromatic nitrogens is 2. The summed E-state index contributed by atoms with van der Waals surface area (Å²) in [4.78, 5) is 5.09. The summed E-state index contributed by atoms with van der Waals surface area (Å²) in [7, 11) is 3.28. The molecule has 9 nitrogen and oxygen atoms in total. The molecular weight excluding hydrogens is 522 g/mol. The molecule has 0 fully saturated rings. The topological polar surface area (TPSA) is 85.2 Å². The molecule has 3 heterocycles. The summed E-state index contributed by atoms with van der Waals surface area (Å²) in [5.41, 5.74) is 4.88. The Kier molecular flexibility index (Phi) is 8.09. The maximum absolute atomic E-state index is 5.73. The Balaban J connectivity index is 1.41. The minimum atomic E-state index is -0.605. The monoisotopic (exact) mass is 557 g/mol. The van der Waals surface area contributed by atoms with Gasteiger partial charge in [-0.2, -0.15) is 0 Å². The maximum Gasteiger partial charge on any atom is 0.231 e. The average molecular weight is 558 g/mol. The lowest BCUT2D eigenvalue weighted by Crippen LogP contribution is -2.25. The summed E-state index contributed by atoms with van der Waals surface area (Å²) in [5.74, 6) is 3.85. The summed E-state index contributed by atoms with van der Waals surface area (Å²) >= 11 is 0. The van der Waals surface area contributed by atoms with E-state index in [4.69, 9.17) is 33.4 Å². The zero-order chi connectivity index (χ0) is 28.2. The van der Waals surface area contributed by atoms with Crippen molar-refractivity contribution >= 4 is 0 Å². The van der Waals surface area contributed by atoms with Crippen LogP contribution in [-0.4, -0.2) is 37.4 Å². The number of nitrogens with zero attached hydrogens (tertiary/aromatic N) is 2. The quantitative estimate of drug-likeness (QED) is 0.213. The summed E-state index contributed by atoms with van der Waals surface area (Å²) in [5, 5.41) is 3.81. The minimum Gasteiger partial charge on any atom is -0.454 e. The van der Waals surface area contributed by atoms with Crippen molar-refractivity contribution in [3.8, 4) is 34.4 Å². The number of nitrogens with one attached hydrogen (secondary N) is 1. The Morgan fingerprint density at radius 2 is 1.44 bits per heavy atom. The highest BCUT2D eigenvalue weighted by Gasteiger charge is 2.27. The number of ether oxygens (including phenoxy) is 6. The number of fused-ring (bicyclic) bond motifs is 2. The first-order valence-electron chi connectivity index (χ1n) is 13.9. The van der Waals surface area contributed by atoms with E-state index >= 15 is 0 Å². The lowest BCUT2D eigenvalue weighted by atomic mass is 9.97. The zero-order valence-corrected chi connectivity index (χ0v) is 23.6. The molecule has 2 aliphatic rings. The molecule has 0 spiro atoms. The summed E-state index contributed by atoms with van der Waals surface area (Å²) in [6.07, 6.45) is 1.47. The first-order valence-corrected chi connectivity index (χ1v) is 13.9. The van der Waals surface area contributed by atoms with Crippen molar-refractivity contribution < 1.29 is 28.4 Å². The van der Waals surface area contributed by atoms with Crippen LogP contribution in [0.3, 0.4) is 0 Å². The Morgan fingerprint density at radius 1 is 0.829 bits per heavy atom. The van der Waals surface area contributed by atoms with E-state index < -0.39 is 6.29 Å².